The van der Waals surface area contributed by atoms with Crippen LogP contribution in [0.4, 0.5) is 0 Å². The lowest BCUT2D eigenvalue weighted by Gasteiger charge is -2.31. The lowest BCUT2D eigenvalue weighted by atomic mass is 9.82. The second-order valence-electron chi connectivity index (χ2n) is 6.43. The van der Waals surface area contributed by atoms with E-state index in [0.717, 1.165) is 44.1 Å². The summed E-state index contributed by atoms with van der Waals surface area (Å²) in [5.74, 6) is 1.02. The van der Waals surface area contributed by atoms with Gasteiger partial charge < -0.3 is 10.4 Å². The molecule has 0 saturated heterocycles. The molecule has 104 valence electrons. The minimum Gasteiger partial charge on any atom is -0.481 e. The standard InChI is InChI=1S/C15H27NO2/c1-11-5-7-12(8-6-11)10-16-14-4-2-3-13(9-14)15(17)18/h11-14,16H,2-10H2,1H3,(H,17,18). The first kappa shape index (κ1) is 13.9. The number of carboxylic acids is 1. The topological polar surface area (TPSA) is 49.3 Å². The van der Waals surface area contributed by atoms with Crippen LogP contribution in [0.2, 0.25) is 0 Å². The summed E-state index contributed by atoms with van der Waals surface area (Å²) >= 11 is 0. The van der Waals surface area contributed by atoms with Gasteiger partial charge in [-0.15, -0.1) is 0 Å². The third-order valence-electron chi connectivity index (χ3n) is 4.85. The van der Waals surface area contributed by atoms with E-state index in [-0.39, 0.29) is 5.92 Å². The van der Waals surface area contributed by atoms with Gasteiger partial charge in [0.2, 0.25) is 0 Å². The van der Waals surface area contributed by atoms with E-state index in [0.29, 0.717) is 6.04 Å². The Morgan fingerprint density at radius 3 is 2.56 bits per heavy atom. The van der Waals surface area contributed by atoms with Crippen molar-refractivity contribution in [3.63, 3.8) is 0 Å². The first-order valence-electron chi connectivity index (χ1n) is 7.61. The lowest BCUT2D eigenvalue weighted by Crippen LogP contribution is -2.39. The van der Waals surface area contributed by atoms with Crippen LogP contribution in [0.5, 0.6) is 0 Å². The second-order valence-corrected chi connectivity index (χ2v) is 6.43. The van der Waals surface area contributed by atoms with Gasteiger partial charge in [-0.1, -0.05) is 26.2 Å². The zero-order valence-corrected chi connectivity index (χ0v) is 11.5. The number of carboxylic acid groups (broad SMARTS) is 1. The maximum absolute atomic E-state index is 11.0. The highest BCUT2D eigenvalue weighted by molar-refractivity contribution is 5.70. The first-order valence-corrected chi connectivity index (χ1v) is 7.61. The van der Waals surface area contributed by atoms with Crippen molar-refractivity contribution in [3.8, 4) is 0 Å². The fraction of sp³-hybridized carbons (Fsp3) is 0.933. The molecule has 0 radical (unpaired) electrons. The van der Waals surface area contributed by atoms with Crippen LogP contribution in [0, 0.1) is 17.8 Å². The summed E-state index contributed by atoms with van der Waals surface area (Å²) in [7, 11) is 0. The average Bonchev–Trinajstić information content (AvgIpc) is 2.38. The molecule has 2 unspecified atom stereocenters. The van der Waals surface area contributed by atoms with E-state index in [1.165, 1.54) is 25.7 Å². The van der Waals surface area contributed by atoms with E-state index in [9.17, 15) is 4.79 Å². The second kappa shape index (κ2) is 6.55. The fourth-order valence-corrected chi connectivity index (χ4v) is 3.47. The van der Waals surface area contributed by atoms with Crippen molar-refractivity contribution in [1.82, 2.24) is 5.32 Å². The van der Waals surface area contributed by atoms with E-state index < -0.39 is 5.97 Å². The minimum atomic E-state index is -0.604. The number of hydrogen-bond acceptors (Lipinski definition) is 2. The number of carbonyl (C=O) groups is 1. The van der Waals surface area contributed by atoms with E-state index in [4.69, 9.17) is 5.11 Å². The quantitative estimate of drug-likeness (QED) is 0.809. The van der Waals surface area contributed by atoms with Crippen molar-refractivity contribution < 1.29 is 9.90 Å². The molecule has 0 aromatic carbocycles. The summed E-state index contributed by atoms with van der Waals surface area (Å²) in [6.07, 6.45) is 9.37. The van der Waals surface area contributed by atoms with Crippen LogP contribution < -0.4 is 5.32 Å². The smallest absolute Gasteiger partial charge is 0.306 e. The number of aliphatic carboxylic acids is 1. The van der Waals surface area contributed by atoms with Crippen LogP contribution in [0.3, 0.4) is 0 Å². The molecular weight excluding hydrogens is 226 g/mol. The number of nitrogens with one attached hydrogen (secondary N) is 1. The van der Waals surface area contributed by atoms with Gasteiger partial charge in [-0.3, -0.25) is 4.79 Å². The Balaban J connectivity index is 1.68. The van der Waals surface area contributed by atoms with Gasteiger partial charge in [-0.05, 0) is 50.5 Å². The Labute approximate surface area is 110 Å². The molecule has 0 aromatic rings. The SMILES string of the molecule is CC1CCC(CNC2CCCC(C(=O)O)C2)CC1. The summed E-state index contributed by atoms with van der Waals surface area (Å²) in [6.45, 7) is 3.45. The Hall–Kier alpha value is -0.570. The van der Waals surface area contributed by atoms with Gasteiger partial charge in [-0.2, -0.15) is 0 Å². The van der Waals surface area contributed by atoms with Crippen LogP contribution in [-0.2, 0) is 4.79 Å². The van der Waals surface area contributed by atoms with Crippen LogP contribution in [0.25, 0.3) is 0 Å². The van der Waals surface area contributed by atoms with Crippen molar-refractivity contribution in [2.24, 2.45) is 17.8 Å². The van der Waals surface area contributed by atoms with Crippen molar-refractivity contribution in [2.75, 3.05) is 6.54 Å². The molecule has 0 aromatic heterocycles. The molecule has 2 rings (SSSR count). The first-order chi connectivity index (χ1) is 8.65. The minimum absolute atomic E-state index is 0.109. The summed E-state index contributed by atoms with van der Waals surface area (Å²) in [5.41, 5.74) is 0. The Morgan fingerprint density at radius 1 is 1.17 bits per heavy atom. The molecule has 18 heavy (non-hydrogen) atoms. The van der Waals surface area contributed by atoms with E-state index >= 15 is 0 Å². The van der Waals surface area contributed by atoms with Gasteiger partial charge >= 0.3 is 5.97 Å². The molecule has 2 aliphatic rings. The van der Waals surface area contributed by atoms with Gasteiger partial charge in [0.1, 0.15) is 0 Å². The zero-order chi connectivity index (χ0) is 13.0. The molecule has 0 spiro atoms. The summed E-state index contributed by atoms with van der Waals surface area (Å²) < 4.78 is 0. The molecule has 2 saturated carbocycles. The van der Waals surface area contributed by atoms with E-state index in [1.807, 2.05) is 0 Å². The molecule has 3 nitrogen and oxygen atoms in total. The lowest BCUT2D eigenvalue weighted by molar-refractivity contribution is -0.143. The largest absolute Gasteiger partial charge is 0.481 e. The van der Waals surface area contributed by atoms with Crippen molar-refractivity contribution in [3.05, 3.63) is 0 Å². The zero-order valence-electron chi connectivity index (χ0n) is 11.5. The molecule has 3 heteroatoms. The van der Waals surface area contributed by atoms with Crippen molar-refractivity contribution in [2.45, 2.75) is 64.3 Å². The average molecular weight is 253 g/mol. The predicted molar refractivity (Wildman–Crippen MR) is 72.5 cm³/mol. The normalized spacial score (nSPS) is 37.4. The van der Waals surface area contributed by atoms with Crippen LogP contribution >= 0.6 is 0 Å². The monoisotopic (exact) mass is 253 g/mol. The van der Waals surface area contributed by atoms with Gasteiger partial charge in [0.05, 0.1) is 5.92 Å². The van der Waals surface area contributed by atoms with Crippen LogP contribution in [0.1, 0.15) is 58.3 Å². The molecule has 0 aliphatic heterocycles. The van der Waals surface area contributed by atoms with Crippen molar-refractivity contribution in [1.29, 1.82) is 0 Å². The summed E-state index contributed by atoms with van der Waals surface area (Å²) in [4.78, 5) is 11.0. The maximum Gasteiger partial charge on any atom is 0.306 e. The van der Waals surface area contributed by atoms with E-state index in [2.05, 4.69) is 12.2 Å². The Morgan fingerprint density at radius 2 is 1.89 bits per heavy atom. The van der Waals surface area contributed by atoms with Gasteiger partial charge in [0.25, 0.3) is 0 Å². The summed E-state index contributed by atoms with van der Waals surface area (Å²) in [6, 6.07) is 0.444. The molecular formula is C15H27NO2. The highest BCUT2D eigenvalue weighted by Gasteiger charge is 2.27. The van der Waals surface area contributed by atoms with Gasteiger partial charge in [0, 0.05) is 6.04 Å². The molecule has 2 atom stereocenters. The van der Waals surface area contributed by atoms with Crippen LogP contribution in [0.15, 0.2) is 0 Å². The third-order valence-corrected chi connectivity index (χ3v) is 4.85. The Bertz CT molecular complexity index is 272. The maximum atomic E-state index is 11.0. The molecule has 0 heterocycles. The highest BCUT2D eigenvalue weighted by Crippen LogP contribution is 2.29. The molecule has 2 aliphatic carbocycles. The molecule has 0 bridgehead atoms. The molecule has 2 N–H and O–H groups in total. The molecule has 2 fully saturated rings. The predicted octanol–water partition coefficient (Wildman–Crippen LogP) is 3.05. The summed E-state index contributed by atoms with van der Waals surface area (Å²) in [5, 5.41) is 12.7. The third kappa shape index (κ3) is 3.98. The number of hydrogen-bond donors (Lipinski definition) is 2. The van der Waals surface area contributed by atoms with Crippen LogP contribution in [-0.4, -0.2) is 23.7 Å². The number of rotatable bonds is 4. The van der Waals surface area contributed by atoms with E-state index in [1.54, 1.807) is 0 Å². The fourth-order valence-electron chi connectivity index (χ4n) is 3.47. The van der Waals surface area contributed by atoms with Crippen molar-refractivity contribution >= 4 is 5.97 Å². The van der Waals surface area contributed by atoms with Gasteiger partial charge in [-0.25, -0.2) is 0 Å². The van der Waals surface area contributed by atoms with Gasteiger partial charge in [0.15, 0.2) is 0 Å². The molecule has 0 amide bonds. The Kier molecular flexibility index (Phi) is 5.04. The highest BCUT2D eigenvalue weighted by atomic mass is 16.4.